The number of para-hydroxylation sites is 2. The van der Waals surface area contributed by atoms with Gasteiger partial charge in [-0.05, 0) is 63.7 Å². The van der Waals surface area contributed by atoms with E-state index in [1.54, 1.807) is 0 Å². The molecule has 290 valence electrons. The molecule has 0 spiro atoms. The van der Waals surface area contributed by atoms with Gasteiger partial charge >= 0.3 is 0 Å². The average Bonchev–Trinajstić information content (AvgIpc) is 3.88. The van der Waals surface area contributed by atoms with Crippen molar-refractivity contribution in [3.8, 4) is 67.8 Å². The van der Waals surface area contributed by atoms with Crippen molar-refractivity contribution >= 4 is 43.6 Å². The van der Waals surface area contributed by atoms with E-state index in [0.717, 1.165) is 77.3 Å². The van der Waals surface area contributed by atoms with E-state index >= 15 is 0 Å². The number of rotatable bonds is 7. The second-order valence-electron chi connectivity index (χ2n) is 15.6. The Morgan fingerprint density at radius 3 is 1.40 bits per heavy atom. The number of benzene rings is 9. The van der Waals surface area contributed by atoms with Crippen molar-refractivity contribution in [1.29, 1.82) is 0 Å². The molecular weight excluding hydrogens is 755 g/mol. The van der Waals surface area contributed by atoms with Crippen molar-refractivity contribution < 1.29 is 0 Å². The van der Waals surface area contributed by atoms with Crippen LogP contribution in [0.1, 0.15) is 0 Å². The summed E-state index contributed by atoms with van der Waals surface area (Å²) in [4.78, 5) is 16.2. The standard InChI is InChI=1S/C57H37N5/c1-4-17-38(18-5-1)40-31-33-44(34-32-40)61-51-29-14-12-26-46(51)48-35-36-49-47-27-13-15-30-52(47)62(54(49)53(48)61)57-59-55(43-24-16-23-42(37-43)39-19-6-2-7-20-39)58-56(60-57)50-28-11-10-25-45(50)41-21-8-3-9-22-41/h1-37H. The molecule has 0 unspecified atom stereocenters. The van der Waals surface area contributed by atoms with E-state index in [1.165, 1.54) is 16.5 Å². The average molecular weight is 792 g/mol. The first-order valence-corrected chi connectivity index (χ1v) is 21.0. The first kappa shape index (κ1) is 35.5. The predicted octanol–water partition coefficient (Wildman–Crippen LogP) is 14.4. The van der Waals surface area contributed by atoms with Crippen LogP contribution in [0.15, 0.2) is 224 Å². The highest BCUT2D eigenvalue weighted by atomic mass is 15.2. The molecule has 3 aromatic heterocycles. The van der Waals surface area contributed by atoms with Crippen molar-refractivity contribution in [2.75, 3.05) is 0 Å². The molecule has 5 heteroatoms. The molecule has 62 heavy (non-hydrogen) atoms. The lowest BCUT2D eigenvalue weighted by Gasteiger charge is -2.15. The van der Waals surface area contributed by atoms with Crippen LogP contribution < -0.4 is 0 Å². The van der Waals surface area contributed by atoms with Gasteiger partial charge in [0.1, 0.15) is 0 Å². The first-order chi connectivity index (χ1) is 30.8. The molecule has 0 saturated carbocycles. The molecule has 0 fully saturated rings. The topological polar surface area (TPSA) is 48.5 Å². The summed E-state index contributed by atoms with van der Waals surface area (Å²) in [5.74, 6) is 1.75. The Hall–Kier alpha value is -8.41. The summed E-state index contributed by atoms with van der Waals surface area (Å²) in [5.41, 5.74) is 13.9. The zero-order valence-electron chi connectivity index (χ0n) is 33.6. The highest BCUT2D eigenvalue weighted by Gasteiger charge is 2.24. The smallest absolute Gasteiger partial charge is 0.238 e. The van der Waals surface area contributed by atoms with Gasteiger partial charge in [-0.25, -0.2) is 4.98 Å². The Bertz CT molecular complexity index is 3610. The molecule has 0 N–H and O–H groups in total. The fourth-order valence-electron chi connectivity index (χ4n) is 9.14. The molecule has 3 heterocycles. The van der Waals surface area contributed by atoms with Crippen LogP contribution in [0.2, 0.25) is 0 Å². The Kier molecular flexibility index (Phi) is 8.42. The Balaban J connectivity index is 1.17. The van der Waals surface area contributed by atoms with Gasteiger partial charge in [0.05, 0.1) is 22.1 Å². The SMILES string of the molecule is c1ccc(-c2ccc(-n3c4ccccc4c4ccc5c6ccccc6n(-c6nc(-c7cccc(-c8ccccc8)c7)nc(-c7ccccc7-c7ccccc7)n6)c5c43)cc2)cc1. The van der Waals surface area contributed by atoms with E-state index in [9.17, 15) is 0 Å². The Labute approximate surface area is 358 Å². The molecule has 0 atom stereocenters. The zero-order chi connectivity index (χ0) is 41.0. The highest BCUT2D eigenvalue weighted by molar-refractivity contribution is 6.23. The zero-order valence-corrected chi connectivity index (χ0v) is 33.6. The fraction of sp³-hybridized carbons (Fsp3) is 0. The third-order valence-corrected chi connectivity index (χ3v) is 12.0. The lowest BCUT2D eigenvalue weighted by Crippen LogP contribution is -2.07. The lowest BCUT2D eigenvalue weighted by molar-refractivity contribution is 0.953. The maximum Gasteiger partial charge on any atom is 0.238 e. The van der Waals surface area contributed by atoms with Crippen LogP contribution >= 0.6 is 0 Å². The number of nitrogens with zero attached hydrogens (tertiary/aromatic N) is 5. The molecule has 0 radical (unpaired) electrons. The molecule has 0 saturated heterocycles. The van der Waals surface area contributed by atoms with Gasteiger partial charge in [0.2, 0.25) is 5.95 Å². The molecule has 12 rings (SSSR count). The second kappa shape index (κ2) is 14.7. The van der Waals surface area contributed by atoms with Gasteiger partial charge in [-0.15, -0.1) is 0 Å². The van der Waals surface area contributed by atoms with Crippen LogP contribution in [-0.4, -0.2) is 24.1 Å². The summed E-state index contributed by atoms with van der Waals surface area (Å²) in [6, 6.07) is 79.2. The number of hydrogen-bond donors (Lipinski definition) is 0. The molecular formula is C57H37N5. The maximum absolute atomic E-state index is 5.48. The van der Waals surface area contributed by atoms with Crippen LogP contribution in [-0.2, 0) is 0 Å². The summed E-state index contributed by atoms with van der Waals surface area (Å²) in [6.45, 7) is 0. The maximum atomic E-state index is 5.48. The van der Waals surface area contributed by atoms with E-state index in [-0.39, 0.29) is 0 Å². The van der Waals surface area contributed by atoms with Crippen molar-refractivity contribution in [2.24, 2.45) is 0 Å². The van der Waals surface area contributed by atoms with Crippen molar-refractivity contribution in [3.05, 3.63) is 224 Å². The molecule has 5 nitrogen and oxygen atoms in total. The summed E-state index contributed by atoms with van der Waals surface area (Å²) in [7, 11) is 0. The third kappa shape index (κ3) is 5.90. The molecule has 0 amide bonds. The minimum atomic E-state index is 0.549. The third-order valence-electron chi connectivity index (χ3n) is 12.0. The first-order valence-electron chi connectivity index (χ1n) is 21.0. The van der Waals surface area contributed by atoms with E-state index in [2.05, 4.69) is 221 Å². The Morgan fingerprint density at radius 1 is 0.274 bits per heavy atom. The normalized spacial score (nSPS) is 11.5. The van der Waals surface area contributed by atoms with Crippen LogP contribution in [0, 0.1) is 0 Å². The minimum Gasteiger partial charge on any atom is -0.307 e. The number of fused-ring (bicyclic) bond motifs is 7. The van der Waals surface area contributed by atoms with Crippen LogP contribution in [0.25, 0.3) is 111 Å². The molecule has 0 aliphatic rings. The van der Waals surface area contributed by atoms with E-state index in [4.69, 9.17) is 15.0 Å². The monoisotopic (exact) mass is 791 g/mol. The summed E-state index contributed by atoms with van der Waals surface area (Å²) >= 11 is 0. The molecule has 0 aliphatic heterocycles. The van der Waals surface area contributed by atoms with E-state index in [0.29, 0.717) is 17.6 Å². The summed E-state index contributed by atoms with van der Waals surface area (Å²) in [6.07, 6.45) is 0. The summed E-state index contributed by atoms with van der Waals surface area (Å²) in [5, 5.41) is 4.58. The molecule has 0 bridgehead atoms. The van der Waals surface area contributed by atoms with Gasteiger partial charge in [0.15, 0.2) is 11.6 Å². The number of aromatic nitrogens is 5. The quantitative estimate of drug-likeness (QED) is 0.162. The van der Waals surface area contributed by atoms with Gasteiger partial charge < -0.3 is 4.57 Å². The van der Waals surface area contributed by atoms with Gasteiger partial charge in [-0.1, -0.05) is 194 Å². The largest absolute Gasteiger partial charge is 0.307 e. The molecule has 9 aromatic carbocycles. The second-order valence-corrected chi connectivity index (χ2v) is 15.6. The van der Waals surface area contributed by atoms with Crippen molar-refractivity contribution in [3.63, 3.8) is 0 Å². The molecule has 12 aromatic rings. The highest BCUT2D eigenvalue weighted by Crippen LogP contribution is 2.42. The lowest BCUT2D eigenvalue weighted by atomic mass is 9.99. The fourth-order valence-corrected chi connectivity index (χ4v) is 9.14. The predicted molar refractivity (Wildman–Crippen MR) is 256 cm³/mol. The van der Waals surface area contributed by atoms with Gasteiger partial charge in [0, 0.05) is 38.4 Å². The van der Waals surface area contributed by atoms with Crippen LogP contribution in [0.3, 0.4) is 0 Å². The minimum absolute atomic E-state index is 0.549. The van der Waals surface area contributed by atoms with Crippen LogP contribution in [0.5, 0.6) is 0 Å². The Morgan fingerprint density at radius 2 is 0.742 bits per heavy atom. The summed E-state index contributed by atoms with van der Waals surface area (Å²) < 4.78 is 4.68. The number of hydrogen-bond acceptors (Lipinski definition) is 3. The van der Waals surface area contributed by atoms with Crippen molar-refractivity contribution in [2.45, 2.75) is 0 Å². The van der Waals surface area contributed by atoms with Gasteiger partial charge in [-0.2, -0.15) is 9.97 Å². The molecule has 0 aliphatic carbocycles. The van der Waals surface area contributed by atoms with E-state index in [1.807, 2.05) is 12.1 Å². The van der Waals surface area contributed by atoms with Crippen LogP contribution in [0.4, 0.5) is 0 Å². The van der Waals surface area contributed by atoms with Crippen molar-refractivity contribution in [1.82, 2.24) is 24.1 Å². The van der Waals surface area contributed by atoms with E-state index < -0.39 is 0 Å². The van der Waals surface area contributed by atoms with Gasteiger partial charge in [-0.3, -0.25) is 4.57 Å². The van der Waals surface area contributed by atoms with Gasteiger partial charge in [0.25, 0.3) is 0 Å².